The van der Waals surface area contributed by atoms with Gasteiger partial charge in [-0.05, 0) is 74.2 Å². The van der Waals surface area contributed by atoms with Gasteiger partial charge >= 0.3 is 24.1 Å². The van der Waals surface area contributed by atoms with Crippen molar-refractivity contribution in [2.24, 2.45) is 0 Å². The molecular formula is C42H47N3O11. The summed E-state index contributed by atoms with van der Waals surface area (Å²) in [5.74, 6) is -2.70. The van der Waals surface area contributed by atoms with Crippen LogP contribution in [0.5, 0.6) is 11.5 Å². The zero-order chi connectivity index (χ0) is 41.0. The Hall–Kier alpha value is -6.57. The Morgan fingerprint density at radius 3 is 2.00 bits per heavy atom. The summed E-state index contributed by atoms with van der Waals surface area (Å²) in [6.45, 7) is 6.55. The molecule has 0 aromatic heterocycles. The zero-order valence-corrected chi connectivity index (χ0v) is 32.1. The number of carbonyl (C=O) groups excluding carboxylic acids is 4. The third kappa shape index (κ3) is 12.0. The molecule has 4 N–H and O–H groups in total. The van der Waals surface area contributed by atoms with Crippen LogP contribution in [-0.4, -0.2) is 77.0 Å². The predicted molar refractivity (Wildman–Crippen MR) is 206 cm³/mol. The van der Waals surface area contributed by atoms with Crippen molar-refractivity contribution in [1.29, 1.82) is 0 Å². The van der Waals surface area contributed by atoms with Crippen LogP contribution >= 0.6 is 0 Å². The summed E-state index contributed by atoms with van der Waals surface area (Å²) in [6.07, 6.45) is -1.78. The van der Waals surface area contributed by atoms with Crippen LogP contribution in [0.15, 0.2) is 97.1 Å². The minimum absolute atomic E-state index is 0.0712. The van der Waals surface area contributed by atoms with E-state index in [0.29, 0.717) is 16.9 Å². The second-order valence-electron chi connectivity index (χ2n) is 13.9. The van der Waals surface area contributed by atoms with Crippen molar-refractivity contribution in [3.8, 4) is 22.6 Å². The van der Waals surface area contributed by atoms with E-state index in [2.05, 4.69) is 10.6 Å². The van der Waals surface area contributed by atoms with Gasteiger partial charge in [-0.15, -0.1) is 0 Å². The maximum Gasteiger partial charge on any atom is 0.410 e. The number of benzene rings is 4. The number of carboxylic acid groups (broad SMARTS) is 1. The van der Waals surface area contributed by atoms with Gasteiger partial charge in [-0.3, -0.25) is 9.69 Å². The average molecular weight is 770 g/mol. The third-order valence-corrected chi connectivity index (χ3v) is 8.39. The highest BCUT2D eigenvalue weighted by atomic mass is 16.6. The van der Waals surface area contributed by atoms with Crippen molar-refractivity contribution >= 4 is 30.0 Å². The van der Waals surface area contributed by atoms with E-state index >= 15 is 0 Å². The second-order valence-corrected chi connectivity index (χ2v) is 13.9. The highest BCUT2D eigenvalue weighted by Crippen LogP contribution is 2.39. The van der Waals surface area contributed by atoms with Crippen LogP contribution in [0.4, 0.5) is 9.59 Å². The molecule has 0 aliphatic heterocycles. The number of methoxy groups -OCH3 is 1. The Morgan fingerprint density at radius 2 is 1.41 bits per heavy atom. The normalized spacial score (nSPS) is 12.6. The number of carboxylic acids is 1. The maximum atomic E-state index is 13.1. The topological polar surface area (TPSA) is 190 Å². The lowest BCUT2D eigenvalue weighted by atomic mass is 9.94. The van der Waals surface area contributed by atoms with E-state index in [1.807, 2.05) is 36.4 Å². The summed E-state index contributed by atoms with van der Waals surface area (Å²) < 4.78 is 21.8. The third-order valence-electron chi connectivity index (χ3n) is 8.39. The number of ether oxygens (including phenoxy) is 4. The van der Waals surface area contributed by atoms with Crippen molar-refractivity contribution in [2.75, 3.05) is 14.2 Å². The monoisotopic (exact) mass is 769 g/mol. The molecule has 4 rings (SSSR count). The van der Waals surface area contributed by atoms with Crippen molar-refractivity contribution in [3.63, 3.8) is 0 Å². The lowest BCUT2D eigenvalue weighted by Crippen LogP contribution is -2.52. The number of amides is 3. The number of aliphatic carboxylic acids is 1. The number of phenolic OH excluding ortho intramolecular Hbond substituents is 1. The van der Waals surface area contributed by atoms with Gasteiger partial charge in [0.25, 0.3) is 0 Å². The fourth-order valence-corrected chi connectivity index (χ4v) is 5.59. The fraction of sp³-hybridized carbons (Fsp3) is 0.310. The van der Waals surface area contributed by atoms with E-state index in [1.165, 1.54) is 39.3 Å². The predicted octanol–water partition coefficient (Wildman–Crippen LogP) is 6.15. The largest absolute Gasteiger partial charge is 0.507 e. The lowest BCUT2D eigenvalue weighted by molar-refractivity contribution is -0.145. The first kappa shape index (κ1) is 42.2. The van der Waals surface area contributed by atoms with E-state index in [1.54, 1.807) is 63.2 Å². The second kappa shape index (κ2) is 19.1. The van der Waals surface area contributed by atoms with Gasteiger partial charge in [-0.2, -0.15) is 0 Å². The van der Waals surface area contributed by atoms with Crippen molar-refractivity contribution in [3.05, 3.63) is 119 Å². The van der Waals surface area contributed by atoms with Gasteiger partial charge < -0.3 is 39.8 Å². The number of nitrogens with one attached hydrogen (secondary N) is 2. The molecule has 14 heteroatoms. The van der Waals surface area contributed by atoms with Crippen LogP contribution in [-0.2, 0) is 48.2 Å². The van der Waals surface area contributed by atoms with Gasteiger partial charge in [0.15, 0.2) is 6.04 Å². The highest BCUT2D eigenvalue weighted by molar-refractivity contribution is 5.90. The lowest BCUT2D eigenvalue weighted by Gasteiger charge is -2.25. The summed E-state index contributed by atoms with van der Waals surface area (Å²) in [6, 6.07) is 23.6. The number of hydrogen-bond acceptors (Lipinski definition) is 10. The first-order valence-electron chi connectivity index (χ1n) is 17.7. The summed E-state index contributed by atoms with van der Waals surface area (Å²) >= 11 is 0. The van der Waals surface area contributed by atoms with Crippen molar-refractivity contribution in [2.45, 2.75) is 71.1 Å². The molecule has 14 nitrogen and oxygen atoms in total. The van der Waals surface area contributed by atoms with Crippen molar-refractivity contribution < 1.29 is 53.1 Å². The molecule has 3 amide bonds. The number of carbonyl (C=O) groups is 5. The average Bonchev–Trinajstić information content (AvgIpc) is 3.16. The number of nitrogens with zero attached hydrogens (tertiary/aromatic N) is 1. The number of likely N-dealkylation sites (N-methyl/N-ethyl adjacent to an activating group) is 1. The molecule has 3 unspecified atom stereocenters. The number of rotatable bonds is 15. The van der Waals surface area contributed by atoms with Gasteiger partial charge in [0.1, 0.15) is 42.4 Å². The molecule has 0 aliphatic carbocycles. The molecule has 0 spiro atoms. The molecule has 4 aromatic rings. The SMILES string of the molecule is COC(=O)C(Cc1ccc(OCc2ccccc2)c(-c2cc(C(C(=O)O)N(C)C(=O)OCc3ccccc3)ccc2O)c1)NC(=O)C(C)NC(=O)OC(C)(C)C. The maximum absolute atomic E-state index is 13.1. The van der Waals surface area contributed by atoms with Crippen LogP contribution < -0.4 is 15.4 Å². The van der Waals surface area contributed by atoms with Crippen LogP contribution in [0.2, 0.25) is 0 Å². The van der Waals surface area contributed by atoms with E-state index in [9.17, 15) is 34.2 Å². The van der Waals surface area contributed by atoms with E-state index in [4.69, 9.17) is 18.9 Å². The minimum Gasteiger partial charge on any atom is -0.507 e. The minimum atomic E-state index is -1.51. The Balaban J connectivity index is 1.67. The van der Waals surface area contributed by atoms with E-state index in [-0.39, 0.29) is 36.5 Å². The number of alkyl carbamates (subject to hydrolysis) is 1. The van der Waals surface area contributed by atoms with Crippen molar-refractivity contribution in [1.82, 2.24) is 15.5 Å². The first-order valence-corrected chi connectivity index (χ1v) is 17.7. The van der Waals surface area contributed by atoms with Gasteiger partial charge in [0.2, 0.25) is 5.91 Å². The van der Waals surface area contributed by atoms with Gasteiger partial charge in [0.05, 0.1) is 7.11 Å². The summed E-state index contributed by atoms with van der Waals surface area (Å²) in [4.78, 5) is 65.0. The molecule has 56 heavy (non-hydrogen) atoms. The van der Waals surface area contributed by atoms with Gasteiger partial charge in [-0.1, -0.05) is 72.8 Å². The van der Waals surface area contributed by atoms with Gasteiger partial charge in [0, 0.05) is 24.6 Å². The Morgan fingerprint density at radius 1 is 0.786 bits per heavy atom. The molecule has 0 bridgehead atoms. The van der Waals surface area contributed by atoms with E-state index < -0.39 is 53.8 Å². The Kier molecular flexibility index (Phi) is 14.4. The highest BCUT2D eigenvalue weighted by Gasteiger charge is 2.31. The van der Waals surface area contributed by atoms with Crippen LogP contribution in [0.3, 0.4) is 0 Å². The fourth-order valence-electron chi connectivity index (χ4n) is 5.59. The molecule has 296 valence electrons. The molecule has 0 saturated carbocycles. The van der Waals surface area contributed by atoms with Crippen LogP contribution in [0, 0.1) is 0 Å². The molecule has 4 aromatic carbocycles. The molecule has 0 saturated heterocycles. The first-order chi connectivity index (χ1) is 26.6. The van der Waals surface area contributed by atoms with Crippen LogP contribution in [0.1, 0.15) is 56.0 Å². The standard InChI is InChI=1S/C42H47N3O11/c1-26(43-40(51)56-42(2,3)4)37(47)44-33(39(50)53-6)22-29-17-20-35(54-24-27-13-9-7-10-14-27)32(21-29)31-23-30(18-19-34(31)46)36(38(48)49)45(5)41(52)55-25-28-15-11-8-12-16-28/h7-21,23,26,33,36,46H,22,24-25H2,1-6H3,(H,43,51)(H,44,47)(H,48,49). The molecule has 0 radical (unpaired) electrons. The number of phenols is 1. The quantitative estimate of drug-likeness (QED) is 0.0802. The smallest absolute Gasteiger partial charge is 0.410 e. The molecule has 0 fully saturated rings. The van der Waals surface area contributed by atoms with Crippen LogP contribution in [0.25, 0.3) is 11.1 Å². The summed E-state index contributed by atoms with van der Waals surface area (Å²) in [7, 11) is 2.48. The summed E-state index contributed by atoms with van der Waals surface area (Å²) in [5, 5.41) is 26.6. The zero-order valence-electron chi connectivity index (χ0n) is 32.1. The molecule has 3 atom stereocenters. The number of aromatic hydroxyl groups is 1. The molecular weight excluding hydrogens is 722 g/mol. The molecule has 0 heterocycles. The number of esters is 1. The van der Waals surface area contributed by atoms with E-state index in [0.717, 1.165) is 16.0 Å². The van der Waals surface area contributed by atoms with Gasteiger partial charge in [-0.25, -0.2) is 19.2 Å². The Labute approximate surface area is 325 Å². The molecule has 0 aliphatic rings. The Bertz CT molecular complexity index is 2000. The number of hydrogen-bond donors (Lipinski definition) is 4. The summed E-state index contributed by atoms with van der Waals surface area (Å²) in [5.41, 5.74) is 1.91.